The van der Waals surface area contributed by atoms with Crippen LogP contribution in [0.15, 0.2) is 67.7 Å². The number of nitrogens with zero attached hydrogens (tertiary/aromatic N) is 10. The van der Waals surface area contributed by atoms with Crippen LogP contribution in [0.25, 0.3) is 5.57 Å². The van der Waals surface area contributed by atoms with Crippen LogP contribution in [-0.4, -0.2) is 105 Å². The number of allylic oxidation sites excluding steroid dienone is 2. The molecule has 24 heteroatoms. The number of nitrogens with one attached hydrogen (secondary N) is 1. The summed E-state index contributed by atoms with van der Waals surface area (Å²) in [7, 11) is -0.241. The van der Waals surface area contributed by atoms with Crippen LogP contribution in [0.1, 0.15) is 130 Å². The number of anilines is 4. The second kappa shape index (κ2) is 34.1. The maximum Gasteiger partial charge on any atom is 0.489 e. The lowest BCUT2D eigenvalue weighted by Gasteiger charge is -2.32. The zero-order valence-corrected chi connectivity index (χ0v) is 49.1. The Balaban J connectivity index is 0. The molecule has 0 spiro atoms. The van der Waals surface area contributed by atoms with Crippen molar-refractivity contribution in [1.29, 1.82) is 0 Å². The maximum atomic E-state index is 11.2. The van der Waals surface area contributed by atoms with Crippen LogP contribution in [0.5, 0.6) is 0 Å². The third kappa shape index (κ3) is 21.1. The van der Waals surface area contributed by atoms with Crippen molar-refractivity contribution < 1.29 is 25.5 Å². The van der Waals surface area contributed by atoms with E-state index in [-0.39, 0.29) is 57.1 Å². The fourth-order valence-electron chi connectivity index (χ4n) is 6.81. The minimum Gasteiger partial charge on any atom is -0.400 e. The Hall–Kier alpha value is -5.71. The summed E-state index contributed by atoms with van der Waals surface area (Å²) in [5.41, 5.74) is 11.2. The van der Waals surface area contributed by atoms with Crippen LogP contribution in [0.3, 0.4) is 0 Å². The lowest BCUT2D eigenvalue weighted by atomic mass is 9.81. The number of nitro groups is 3. The molecule has 0 saturated carbocycles. The van der Waals surface area contributed by atoms with E-state index in [1.54, 1.807) is 25.3 Å². The molecular weight excluding hydrogens is 1030 g/mol. The monoisotopic (exact) mass is 1110 g/mol. The van der Waals surface area contributed by atoms with E-state index >= 15 is 0 Å². The molecule has 0 unspecified atom stereocenters. The van der Waals surface area contributed by atoms with Crippen LogP contribution in [-0.2, 0) is 9.31 Å². The summed E-state index contributed by atoms with van der Waals surface area (Å²) < 4.78 is 11.4. The third-order valence-electron chi connectivity index (χ3n) is 11.6. The van der Waals surface area contributed by atoms with E-state index in [2.05, 4.69) is 84.9 Å². The van der Waals surface area contributed by atoms with Gasteiger partial charge in [-0.3, -0.25) is 35.3 Å². The SMILES string of the molecule is C=C(C)B1OC(C)(C)C(C)(C)O1.C=C(C)c1nccc(N(CC)CC)c1[N+](=O)[O-].CCN(CC)c1ccnc(C(C)C)c1N.CCN(CC)c1ccnc(Cl)c1[N+](=O)[O-].CCNCC.O=[N+]([O-])c1c(Cl)ccnc1Cl.[HH]. The molecule has 0 aromatic carbocycles. The molecule has 0 radical (unpaired) electrons. The number of hydrogen-bond acceptors (Lipinski definition) is 17. The summed E-state index contributed by atoms with van der Waals surface area (Å²) in [4.78, 5) is 52.4. The van der Waals surface area contributed by atoms with Crippen LogP contribution >= 0.6 is 34.8 Å². The highest BCUT2D eigenvalue weighted by Gasteiger charge is 2.51. The number of nitrogen functional groups attached to an aromatic ring is 1. The highest BCUT2D eigenvalue weighted by atomic mass is 35.5. The second-order valence-electron chi connectivity index (χ2n) is 17.7. The molecule has 1 fully saturated rings. The van der Waals surface area contributed by atoms with Gasteiger partial charge in [-0.2, -0.15) is 0 Å². The number of pyridine rings is 4. The van der Waals surface area contributed by atoms with Gasteiger partial charge >= 0.3 is 24.2 Å². The van der Waals surface area contributed by atoms with E-state index in [0.717, 1.165) is 61.8 Å². The van der Waals surface area contributed by atoms with Crippen molar-refractivity contribution in [3.8, 4) is 0 Å². The second-order valence-corrected chi connectivity index (χ2v) is 18.8. The van der Waals surface area contributed by atoms with Gasteiger partial charge in [0.1, 0.15) is 22.1 Å². The summed E-state index contributed by atoms with van der Waals surface area (Å²) in [5, 5.41) is 35.1. The molecule has 20 nitrogen and oxygen atoms in total. The van der Waals surface area contributed by atoms with Crippen molar-refractivity contribution in [2.24, 2.45) is 0 Å². The summed E-state index contributed by atoms with van der Waals surface area (Å²) in [6, 6.07) is 6.59. The van der Waals surface area contributed by atoms with Gasteiger partial charge < -0.3 is 35.1 Å². The minimum absolute atomic E-state index is 0. The molecule has 1 saturated heterocycles. The quantitative estimate of drug-likeness (QED) is 0.0432. The zero-order valence-electron chi connectivity index (χ0n) is 46.8. The predicted octanol–water partition coefficient (Wildman–Crippen LogP) is 13.3. The summed E-state index contributed by atoms with van der Waals surface area (Å²) in [6.45, 7) is 46.8. The highest BCUT2D eigenvalue weighted by Crippen LogP contribution is 2.39. The lowest BCUT2D eigenvalue weighted by Crippen LogP contribution is -2.41. The molecule has 5 rings (SSSR count). The van der Waals surface area contributed by atoms with Gasteiger partial charge in [-0.25, -0.2) is 15.0 Å². The van der Waals surface area contributed by atoms with Crippen molar-refractivity contribution in [2.45, 2.75) is 128 Å². The maximum absolute atomic E-state index is 11.2. The Morgan fingerprint density at radius 1 is 0.653 bits per heavy atom. The van der Waals surface area contributed by atoms with E-state index in [1.165, 1.54) is 18.5 Å². The first kappa shape index (κ1) is 69.3. The summed E-state index contributed by atoms with van der Waals surface area (Å²) >= 11 is 16.5. The van der Waals surface area contributed by atoms with E-state index < -0.39 is 9.85 Å². The average molecular weight is 1110 g/mol. The van der Waals surface area contributed by atoms with Gasteiger partial charge in [0.2, 0.25) is 10.3 Å². The van der Waals surface area contributed by atoms with Gasteiger partial charge in [0, 0.05) is 65.5 Å². The Kier molecular flexibility index (Phi) is 31.5. The Labute approximate surface area is 461 Å². The van der Waals surface area contributed by atoms with Gasteiger partial charge in [0.15, 0.2) is 0 Å². The molecule has 1 aliphatic heterocycles. The number of rotatable bonds is 17. The van der Waals surface area contributed by atoms with Crippen molar-refractivity contribution in [3.63, 3.8) is 0 Å². The fraction of sp³-hybridized carbons (Fsp3) is 0.529. The van der Waals surface area contributed by atoms with Crippen molar-refractivity contribution in [1.82, 2.24) is 25.3 Å². The largest absolute Gasteiger partial charge is 0.489 e. The molecule has 5 heterocycles. The first-order valence-electron chi connectivity index (χ1n) is 24.8. The standard InChI is InChI=1S/C12H17N3O2.C12H21N3.C9H17BO2.C9H12ClN3O2.C5H2Cl2N2O2.C4H11N.H2/c1-5-14(6-2)10-7-8-13-11(9(3)4)12(10)15(16)17;1-5-15(6-2)10-7-8-14-12(9(3)4)11(10)13;1-7(2)10-11-8(3,4)9(5,6)12-10;1-3-12(4-2)7-5-6-11-9(10)8(7)13(14)15;6-3-1-2-8-5(7)4(3)9(10)11;1-3-5-4-2;/h7-8H,3,5-6H2,1-2,4H3;7-9H,5-6,13H2,1-4H3;1H2,2-6H3;5-6H,3-4H2,1-2H3;1-2H;5H,3-4H2,1-2H3;1H. The molecule has 75 heavy (non-hydrogen) atoms. The molecule has 418 valence electrons. The number of hydrogen-bond donors (Lipinski definition) is 2. The molecule has 1 aliphatic rings. The van der Waals surface area contributed by atoms with E-state index in [4.69, 9.17) is 49.8 Å². The lowest BCUT2D eigenvalue weighted by molar-refractivity contribution is -0.384. The molecule has 4 aromatic rings. The Morgan fingerprint density at radius 3 is 1.33 bits per heavy atom. The molecule has 0 atom stereocenters. The Bertz CT molecular complexity index is 2430. The average Bonchev–Trinajstić information content (AvgIpc) is 3.57. The number of nitrogens with two attached hydrogens (primary N) is 1. The third-order valence-corrected chi connectivity index (χ3v) is 12.4. The minimum atomic E-state index is -0.669. The highest BCUT2D eigenvalue weighted by molar-refractivity contribution is 6.54. The smallest absolute Gasteiger partial charge is 0.400 e. The topological polar surface area (TPSA) is 247 Å². The van der Waals surface area contributed by atoms with Gasteiger partial charge in [0.25, 0.3) is 0 Å². The van der Waals surface area contributed by atoms with Crippen LogP contribution in [0.4, 0.5) is 39.8 Å². The van der Waals surface area contributed by atoms with Crippen LogP contribution in [0, 0.1) is 30.3 Å². The number of aromatic nitrogens is 4. The van der Waals surface area contributed by atoms with Crippen molar-refractivity contribution in [3.05, 3.63) is 125 Å². The predicted molar refractivity (Wildman–Crippen MR) is 313 cm³/mol. The molecule has 0 aliphatic carbocycles. The van der Waals surface area contributed by atoms with E-state index in [0.29, 0.717) is 41.6 Å². The van der Waals surface area contributed by atoms with Gasteiger partial charge in [-0.1, -0.05) is 74.5 Å². The first-order chi connectivity index (χ1) is 35.1. The van der Waals surface area contributed by atoms with Crippen molar-refractivity contribution >= 4 is 87.3 Å². The zero-order chi connectivity index (χ0) is 58.0. The normalized spacial score (nSPS) is 12.6. The molecule has 0 bridgehead atoms. The van der Waals surface area contributed by atoms with Gasteiger partial charge in [-0.15, -0.1) is 6.58 Å². The summed E-state index contributed by atoms with van der Waals surface area (Å²) in [6.07, 6.45) is 6.21. The molecular formula is C51H82BCl3N12O8. The van der Waals surface area contributed by atoms with Crippen LogP contribution < -0.4 is 25.8 Å². The molecule has 0 amide bonds. The first-order valence-corrected chi connectivity index (χ1v) is 25.9. The Morgan fingerprint density at radius 2 is 1.01 bits per heavy atom. The van der Waals surface area contributed by atoms with Gasteiger partial charge in [0.05, 0.1) is 43.0 Å². The molecule has 3 N–H and O–H groups in total. The van der Waals surface area contributed by atoms with Gasteiger partial charge in [-0.05, 0) is 132 Å². The van der Waals surface area contributed by atoms with Crippen molar-refractivity contribution in [2.75, 3.05) is 72.8 Å². The number of halogens is 3. The van der Waals surface area contributed by atoms with Crippen LogP contribution in [0.2, 0.25) is 15.3 Å². The molecule has 4 aromatic heterocycles. The van der Waals surface area contributed by atoms with E-state index in [1.807, 2.05) is 84.4 Å². The fourth-order valence-corrected chi connectivity index (χ4v) is 7.52. The summed E-state index contributed by atoms with van der Waals surface area (Å²) in [5.74, 6) is 0.375. The van der Waals surface area contributed by atoms with E-state index in [9.17, 15) is 30.3 Å².